The maximum atomic E-state index is 11.4. The molecule has 1 aromatic rings. The number of primary amides is 1. The summed E-state index contributed by atoms with van der Waals surface area (Å²) in [6.07, 6.45) is 2.58. The average Bonchev–Trinajstić information content (AvgIpc) is 2.18. The number of carbonyl (C=O) groups excluding carboxylic acids is 1. The van der Waals surface area contributed by atoms with Crippen LogP contribution in [0.2, 0.25) is 0 Å². The van der Waals surface area contributed by atoms with Gasteiger partial charge in [-0.2, -0.15) is 0 Å². The monoisotopic (exact) mass is 231 g/mol. The largest absolute Gasteiger partial charge is 0.368 e. The van der Waals surface area contributed by atoms with Gasteiger partial charge in [-0.25, -0.2) is 8.42 Å². The zero-order valence-electron chi connectivity index (χ0n) is 7.58. The molecule has 7 nitrogen and oxygen atoms in total. The van der Waals surface area contributed by atoms with Gasteiger partial charge in [0.25, 0.3) is 10.0 Å². The van der Waals surface area contributed by atoms with Crippen LogP contribution in [-0.4, -0.2) is 25.9 Å². The van der Waals surface area contributed by atoms with E-state index in [4.69, 9.17) is 5.73 Å². The van der Waals surface area contributed by atoms with Gasteiger partial charge in [0.2, 0.25) is 5.91 Å². The van der Waals surface area contributed by atoms with E-state index in [9.17, 15) is 13.2 Å². The second-order valence-electron chi connectivity index (χ2n) is 2.53. The SMILES string of the molecule is NC(=O)CONS(=O)(=O)c1cccnc1. The summed E-state index contributed by atoms with van der Waals surface area (Å²) < 4.78 is 22.8. The Morgan fingerprint density at radius 1 is 1.60 bits per heavy atom. The molecule has 1 heterocycles. The Morgan fingerprint density at radius 3 is 2.87 bits per heavy atom. The lowest BCUT2D eigenvalue weighted by atomic mass is 10.5. The zero-order valence-corrected chi connectivity index (χ0v) is 8.40. The van der Waals surface area contributed by atoms with Gasteiger partial charge in [-0.3, -0.25) is 14.6 Å². The summed E-state index contributed by atoms with van der Waals surface area (Å²) in [4.78, 5) is 20.0. The van der Waals surface area contributed by atoms with Gasteiger partial charge in [0.05, 0.1) is 0 Å². The first-order valence-corrected chi connectivity index (χ1v) is 5.32. The van der Waals surface area contributed by atoms with Crippen LogP contribution in [0.3, 0.4) is 0 Å². The molecule has 0 radical (unpaired) electrons. The van der Waals surface area contributed by atoms with Crippen molar-refractivity contribution in [3.05, 3.63) is 24.5 Å². The number of rotatable bonds is 5. The molecule has 1 rings (SSSR count). The first-order chi connectivity index (χ1) is 7.02. The molecule has 0 spiro atoms. The Morgan fingerprint density at radius 2 is 2.33 bits per heavy atom. The van der Waals surface area contributed by atoms with Gasteiger partial charge in [0, 0.05) is 12.4 Å². The third-order valence-corrected chi connectivity index (χ3v) is 2.53. The molecular weight excluding hydrogens is 222 g/mol. The summed E-state index contributed by atoms with van der Waals surface area (Å²) >= 11 is 0. The molecule has 1 amide bonds. The number of hydrogen-bond donors (Lipinski definition) is 2. The Balaban J connectivity index is 2.65. The Bertz CT molecular complexity index is 431. The van der Waals surface area contributed by atoms with E-state index in [0.717, 1.165) is 6.20 Å². The molecule has 0 aliphatic heterocycles. The van der Waals surface area contributed by atoms with Gasteiger partial charge >= 0.3 is 0 Å². The second-order valence-corrected chi connectivity index (χ2v) is 4.18. The third kappa shape index (κ3) is 3.62. The smallest absolute Gasteiger partial charge is 0.264 e. The molecule has 1 aromatic heterocycles. The molecule has 8 heteroatoms. The molecule has 0 saturated heterocycles. The van der Waals surface area contributed by atoms with Crippen molar-refractivity contribution in [1.82, 2.24) is 9.87 Å². The molecule has 0 fully saturated rings. The lowest BCUT2D eigenvalue weighted by Gasteiger charge is -2.04. The van der Waals surface area contributed by atoms with Gasteiger partial charge in [0.15, 0.2) is 0 Å². The van der Waals surface area contributed by atoms with E-state index in [1.165, 1.54) is 18.3 Å². The number of nitrogens with zero attached hydrogens (tertiary/aromatic N) is 1. The number of hydrogen-bond acceptors (Lipinski definition) is 5. The number of amides is 1. The molecule has 3 N–H and O–H groups in total. The molecule has 0 saturated carbocycles. The predicted molar refractivity (Wildman–Crippen MR) is 49.7 cm³/mol. The fourth-order valence-corrected chi connectivity index (χ4v) is 1.50. The van der Waals surface area contributed by atoms with E-state index in [-0.39, 0.29) is 4.90 Å². The lowest BCUT2D eigenvalue weighted by molar-refractivity contribution is -0.123. The zero-order chi connectivity index (χ0) is 11.3. The number of nitrogens with two attached hydrogens (primary N) is 1. The van der Waals surface area contributed by atoms with Crippen molar-refractivity contribution in [2.75, 3.05) is 6.61 Å². The van der Waals surface area contributed by atoms with E-state index in [2.05, 4.69) is 9.82 Å². The van der Waals surface area contributed by atoms with Crippen molar-refractivity contribution in [2.24, 2.45) is 5.73 Å². The highest BCUT2D eigenvalue weighted by Gasteiger charge is 2.13. The van der Waals surface area contributed by atoms with Crippen LogP contribution in [0.5, 0.6) is 0 Å². The summed E-state index contributed by atoms with van der Waals surface area (Å²) in [7, 11) is -3.80. The summed E-state index contributed by atoms with van der Waals surface area (Å²) in [6.45, 7) is -0.528. The summed E-state index contributed by atoms with van der Waals surface area (Å²) in [5.74, 6) is -0.774. The van der Waals surface area contributed by atoms with Crippen molar-refractivity contribution < 1.29 is 18.0 Å². The topological polar surface area (TPSA) is 111 Å². The first-order valence-electron chi connectivity index (χ1n) is 3.84. The maximum Gasteiger partial charge on any atom is 0.264 e. The minimum absolute atomic E-state index is 0.0607. The van der Waals surface area contributed by atoms with Gasteiger partial charge in [-0.05, 0) is 12.1 Å². The molecular formula is C7H9N3O4S. The van der Waals surface area contributed by atoms with Crippen LogP contribution in [0.25, 0.3) is 0 Å². The van der Waals surface area contributed by atoms with Crippen molar-refractivity contribution in [3.8, 4) is 0 Å². The molecule has 0 unspecified atom stereocenters. The first kappa shape index (κ1) is 11.6. The van der Waals surface area contributed by atoms with Crippen molar-refractivity contribution in [2.45, 2.75) is 4.90 Å². The number of carbonyl (C=O) groups is 1. The Hall–Kier alpha value is -1.51. The minimum Gasteiger partial charge on any atom is -0.368 e. The molecule has 0 atom stereocenters. The fraction of sp³-hybridized carbons (Fsp3) is 0.143. The molecule has 15 heavy (non-hydrogen) atoms. The normalized spacial score (nSPS) is 11.2. The standard InChI is InChI=1S/C7H9N3O4S/c8-7(11)5-14-10-15(12,13)6-2-1-3-9-4-6/h1-4,10H,5H2,(H2,8,11). The average molecular weight is 231 g/mol. The molecule has 0 aliphatic carbocycles. The van der Waals surface area contributed by atoms with E-state index in [0.29, 0.717) is 0 Å². The van der Waals surface area contributed by atoms with Crippen LogP contribution < -0.4 is 10.6 Å². The molecule has 0 aromatic carbocycles. The van der Waals surface area contributed by atoms with Crippen LogP contribution in [0, 0.1) is 0 Å². The number of nitrogens with one attached hydrogen (secondary N) is 1. The van der Waals surface area contributed by atoms with Crippen molar-refractivity contribution >= 4 is 15.9 Å². The number of pyridine rings is 1. The van der Waals surface area contributed by atoms with E-state index in [1.54, 1.807) is 4.89 Å². The van der Waals surface area contributed by atoms with Gasteiger partial charge in [-0.1, -0.05) is 4.89 Å². The highest BCUT2D eigenvalue weighted by atomic mass is 32.2. The highest BCUT2D eigenvalue weighted by molar-refractivity contribution is 7.89. The second kappa shape index (κ2) is 4.82. The van der Waals surface area contributed by atoms with Crippen LogP contribution in [-0.2, 0) is 19.7 Å². The van der Waals surface area contributed by atoms with E-state index in [1.807, 2.05) is 0 Å². The quantitative estimate of drug-likeness (QED) is 0.617. The van der Waals surface area contributed by atoms with Crippen LogP contribution in [0.15, 0.2) is 29.4 Å². The fourth-order valence-electron chi connectivity index (χ4n) is 0.732. The van der Waals surface area contributed by atoms with E-state index >= 15 is 0 Å². The molecule has 0 bridgehead atoms. The Kier molecular flexibility index (Phi) is 3.72. The van der Waals surface area contributed by atoms with Gasteiger partial charge < -0.3 is 5.73 Å². The van der Waals surface area contributed by atoms with Crippen molar-refractivity contribution in [1.29, 1.82) is 0 Å². The number of sulfonamides is 1. The Labute approximate surface area is 86.3 Å². The summed E-state index contributed by atoms with van der Waals surface area (Å²) in [5.41, 5.74) is 4.75. The van der Waals surface area contributed by atoms with Crippen molar-refractivity contribution in [3.63, 3.8) is 0 Å². The van der Waals surface area contributed by atoms with Crippen LogP contribution in [0.4, 0.5) is 0 Å². The van der Waals surface area contributed by atoms with Gasteiger partial charge in [0.1, 0.15) is 11.5 Å². The van der Waals surface area contributed by atoms with Crippen LogP contribution >= 0.6 is 0 Å². The predicted octanol–water partition coefficient (Wildman–Crippen LogP) is -1.22. The van der Waals surface area contributed by atoms with Crippen LogP contribution in [0.1, 0.15) is 0 Å². The van der Waals surface area contributed by atoms with Gasteiger partial charge in [-0.15, -0.1) is 0 Å². The van der Waals surface area contributed by atoms with E-state index < -0.39 is 22.5 Å². The minimum atomic E-state index is -3.80. The summed E-state index contributed by atoms with van der Waals surface area (Å²) in [5, 5.41) is 0. The summed E-state index contributed by atoms with van der Waals surface area (Å²) in [6, 6.07) is 2.80. The molecule has 82 valence electrons. The lowest BCUT2D eigenvalue weighted by Crippen LogP contribution is -2.29. The maximum absolute atomic E-state index is 11.4. The highest BCUT2D eigenvalue weighted by Crippen LogP contribution is 2.04. The molecule has 0 aliphatic rings. The number of aromatic nitrogens is 1. The third-order valence-electron chi connectivity index (χ3n) is 1.33.